The molecule has 3 aromatic carbocycles. The van der Waals surface area contributed by atoms with Gasteiger partial charge in [0.2, 0.25) is 0 Å². The van der Waals surface area contributed by atoms with Gasteiger partial charge < -0.3 is 9.47 Å². The van der Waals surface area contributed by atoms with E-state index in [1.807, 2.05) is 50.2 Å². The monoisotopic (exact) mass is 551 g/mol. The Morgan fingerprint density at radius 1 is 0.971 bits per heavy atom. The number of amides is 2. The average molecular weight is 552 g/mol. The van der Waals surface area contributed by atoms with Gasteiger partial charge in [0, 0.05) is 10.0 Å². The van der Waals surface area contributed by atoms with Crippen LogP contribution in [0.3, 0.4) is 0 Å². The van der Waals surface area contributed by atoms with Gasteiger partial charge in [0.25, 0.3) is 11.1 Å². The van der Waals surface area contributed by atoms with Crippen LogP contribution < -0.4 is 9.47 Å². The summed E-state index contributed by atoms with van der Waals surface area (Å²) in [6, 6.07) is 19.7. The summed E-state index contributed by atoms with van der Waals surface area (Å²) in [6.45, 7) is 4.23. The molecule has 0 aromatic heterocycles. The second-order valence-corrected chi connectivity index (χ2v) is 9.84. The van der Waals surface area contributed by atoms with Crippen LogP contribution in [0.5, 0.6) is 11.5 Å². The van der Waals surface area contributed by atoms with E-state index in [1.54, 1.807) is 36.4 Å². The molecule has 6 nitrogen and oxygen atoms in total. The van der Waals surface area contributed by atoms with E-state index in [0.29, 0.717) is 16.9 Å². The summed E-state index contributed by atoms with van der Waals surface area (Å²) in [4.78, 5) is 39.4. The van der Waals surface area contributed by atoms with Crippen LogP contribution in [0.2, 0.25) is 0 Å². The third kappa shape index (κ3) is 6.21. The standard InChI is InChI=1S/C27H22BrNO5S/c1-17-3-7-19(8-4-17)26(31)34-23-12-9-21(28)15-20(23)16-24-25(30)29(27(32)35-24)13-14-33-22-10-5-18(2)6-11-22/h3-12,15-16H,13-14H2,1-2H3/b24-16-. The van der Waals surface area contributed by atoms with Crippen molar-refractivity contribution in [2.24, 2.45) is 0 Å². The van der Waals surface area contributed by atoms with E-state index in [4.69, 9.17) is 9.47 Å². The lowest BCUT2D eigenvalue weighted by Crippen LogP contribution is -2.32. The number of carbonyl (C=O) groups excluding carboxylic acids is 3. The Morgan fingerprint density at radius 3 is 2.31 bits per heavy atom. The topological polar surface area (TPSA) is 72.9 Å². The predicted molar refractivity (Wildman–Crippen MR) is 140 cm³/mol. The van der Waals surface area contributed by atoms with E-state index in [9.17, 15) is 14.4 Å². The van der Waals surface area contributed by atoms with Gasteiger partial charge in [-0.2, -0.15) is 0 Å². The molecule has 4 rings (SSSR count). The second-order valence-electron chi connectivity index (χ2n) is 7.93. The lowest BCUT2D eigenvalue weighted by molar-refractivity contribution is -0.123. The Bertz CT molecular complexity index is 1300. The molecule has 8 heteroatoms. The predicted octanol–water partition coefficient (Wildman–Crippen LogP) is 6.40. The molecule has 0 saturated carbocycles. The first-order valence-electron chi connectivity index (χ1n) is 10.8. The zero-order valence-electron chi connectivity index (χ0n) is 19.1. The largest absolute Gasteiger partial charge is 0.492 e. The number of ether oxygens (including phenoxy) is 2. The van der Waals surface area contributed by atoms with Crippen LogP contribution in [0.25, 0.3) is 6.08 Å². The van der Waals surface area contributed by atoms with E-state index in [2.05, 4.69) is 15.9 Å². The van der Waals surface area contributed by atoms with Crippen LogP contribution in [0, 0.1) is 13.8 Å². The number of esters is 1. The number of hydrogen-bond acceptors (Lipinski definition) is 6. The summed E-state index contributed by atoms with van der Waals surface area (Å²) in [7, 11) is 0. The maximum absolute atomic E-state index is 12.9. The van der Waals surface area contributed by atoms with Crippen molar-refractivity contribution in [1.29, 1.82) is 0 Å². The van der Waals surface area contributed by atoms with Crippen LogP contribution in [0.15, 0.2) is 76.1 Å². The molecule has 0 bridgehead atoms. The van der Waals surface area contributed by atoms with Crippen LogP contribution in [0.1, 0.15) is 27.0 Å². The molecule has 1 aliphatic rings. The van der Waals surface area contributed by atoms with E-state index in [1.165, 1.54) is 0 Å². The highest BCUT2D eigenvalue weighted by Gasteiger charge is 2.35. The smallest absolute Gasteiger partial charge is 0.343 e. The second kappa shape index (κ2) is 10.9. The summed E-state index contributed by atoms with van der Waals surface area (Å²) >= 11 is 4.25. The fourth-order valence-corrected chi connectivity index (χ4v) is 4.53. The third-order valence-electron chi connectivity index (χ3n) is 5.23. The molecule has 0 atom stereocenters. The molecule has 1 heterocycles. The number of rotatable bonds is 7. The number of benzene rings is 3. The molecular weight excluding hydrogens is 530 g/mol. The molecule has 0 N–H and O–H groups in total. The third-order valence-corrected chi connectivity index (χ3v) is 6.63. The van der Waals surface area contributed by atoms with Gasteiger partial charge in [-0.15, -0.1) is 0 Å². The van der Waals surface area contributed by atoms with Crippen molar-refractivity contribution in [2.75, 3.05) is 13.2 Å². The van der Waals surface area contributed by atoms with Crippen molar-refractivity contribution in [3.63, 3.8) is 0 Å². The minimum Gasteiger partial charge on any atom is -0.492 e. The summed E-state index contributed by atoms with van der Waals surface area (Å²) in [5.41, 5.74) is 3.07. The van der Waals surface area contributed by atoms with Crippen LogP contribution >= 0.6 is 27.7 Å². The summed E-state index contributed by atoms with van der Waals surface area (Å²) < 4.78 is 12.0. The van der Waals surface area contributed by atoms with E-state index >= 15 is 0 Å². The number of aryl methyl sites for hydroxylation is 2. The molecule has 0 unspecified atom stereocenters. The van der Waals surface area contributed by atoms with E-state index < -0.39 is 11.9 Å². The first-order chi connectivity index (χ1) is 16.8. The van der Waals surface area contributed by atoms with Gasteiger partial charge >= 0.3 is 5.97 Å². The SMILES string of the molecule is Cc1ccc(OCCN2C(=O)S/C(=C\c3cc(Br)ccc3OC(=O)c3ccc(C)cc3)C2=O)cc1. The van der Waals surface area contributed by atoms with Gasteiger partial charge in [0.05, 0.1) is 17.0 Å². The molecule has 178 valence electrons. The first kappa shape index (κ1) is 24.8. The summed E-state index contributed by atoms with van der Waals surface area (Å²) in [5.74, 6) is 0.0344. The van der Waals surface area contributed by atoms with E-state index in [0.717, 1.165) is 32.3 Å². The molecule has 0 aliphatic carbocycles. The Morgan fingerprint density at radius 2 is 1.63 bits per heavy atom. The fraction of sp³-hybridized carbons (Fsp3) is 0.148. The number of halogens is 1. The van der Waals surface area contributed by atoms with Crippen LogP contribution in [-0.2, 0) is 4.79 Å². The molecule has 1 aliphatic heterocycles. The van der Waals surface area contributed by atoms with Crippen molar-refractivity contribution >= 4 is 50.9 Å². The number of imide groups is 1. The average Bonchev–Trinajstić information content (AvgIpc) is 3.09. The minimum atomic E-state index is -0.511. The van der Waals surface area contributed by atoms with Crippen LogP contribution in [0.4, 0.5) is 4.79 Å². The van der Waals surface area contributed by atoms with Crippen molar-refractivity contribution in [3.8, 4) is 11.5 Å². The van der Waals surface area contributed by atoms with Gasteiger partial charge in [-0.25, -0.2) is 4.79 Å². The highest BCUT2D eigenvalue weighted by Crippen LogP contribution is 2.35. The Kier molecular flexibility index (Phi) is 7.73. The van der Waals surface area contributed by atoms with Crippen molar-refractivity contribution in [3.05, 3.63) is 98.4 Å². The molecule has 1 fully saturated rings. The number of nitrogens with zero attached hydrogens (tertiary/aromatic N) is 1. The molecule has 0 spiro atoms. The molecule has 1 saturated heterocycles. The Labute approximate surface area is 216 Å². The first-order valence-corrected chi connectivity index (χ1v) is 12.4. The fourth-order valence-electron chi connectivity index (χ4n) is 3.30. The van der Waals surface area contributed by atoms with Crippen LogP contribution in [-0.4, -0.2) is 35.2 Å². The molecule has 2 amide bonds. The highest BCUT2D eigenvalue weighted by atomic mass is 79.9. The van der Waals surface area contributed by atoms with E-state index in [-0.39, 0.29) is 29.0 Å². The van der Waals surface area contributed by atoms with Gasteiger partial charge in [0.15, 0.2) is 0 Å². The molecular formula is C27H22BrNO5S. The molecule has 0 radical (unpaired) electrons. The van der Waals surface area contributed by atoms with Gasteiger partial charge in [-0.1, -0.05) is 51.3 Å². The summed E-state index contributed by atoms with van der Waals surface area (Å²) in [6.07, 6.45) is 1.56. The quantitative estimate of drug-likeness (QED) is 0.192. The Hall–Kier alpha value is -3.36. The lowest BCUT2D eigenvalue weighted by Gasteiger charge is -2.13. The zero-order chi connectivity index (χ0) is 24.9. The maximum Gasteiger partial charge on any atom is 0.343 e. The summed E-state index contributed by atoms with van der Waals surface area (Å²) in [5, 5.41) is -0.373. The van der Waals surface area contributed by atoms with Crippen molar-refractivity contribution < 1.29 is 23.9 Å². The number of carbonyl (C=O) groups is 3. The van der Waals surface area contributed by atoms with Crippen molar-refractivity contribution in [1.82, 2.24) is 4.90 Å². The van der Waals surface area contributed by atoms with Crippen molar-refractivity contribution in [2.45, 2.75) is 13.8 Å². The number of hydrogen-bond donors (Lipinski definition) is 0. The highest BCUT2D eigenvalue weighted by molar-refractivity contribution is 9.10. The molecule has 3 aromatic rings. The zero-order valence-corrected chi connectivity index (χ0v) is 21.5. The van der Waals surface area contributed by atoms with Gasteiger partial charge in [0.1, 0.15) is 18.1 Å². The minimum absolute atomic E-state index is 0.129. The molecule has 35 heavy (non-hydrogen) atoms. The maximum atomic E-state index is 12.9. The van der Waals surface area contributed by atoms with Gasteiger partial charge in [-0.3, -0.25) is 14.5 Å². The lowest BCUT2D eigenvalue weighted by atomic mass is 10.1. The normalized spacial score (nSPS) is 14.5. The Balaban J connectivity index is 1.47. The van der Waals surface area contributed by atoms with Gasteiger partial charge in [-0.05, 0) is 74.1 Å². The number of thioether (sulfide) groups is 1.